The first-order valence-corrected chi connectivity index (χ1v) is 3.19. The van der Waals surface area contributed by atoms with Crippen molar-refractivity contribution in [1.29, 1.82) is 0 Å². The summed E-state index contributed by atoms with van der Waals surface area (Å²) in [6, 6.07) is 1.27. The Hall–Kier alpha value is -1.78. The number of nitrogens with one attached hydrogen (secondary N) is 1. The highest BCUT2D eigenvalue weighted by atomic mass is 16.4. The molecule has 5 nitrogen and oxygen atoms in total. The number of rotatable bonds is 2. The number of furan rings is 1. The van der Waals surface area contributed by atoms with Crippen LogP contribution in [0.3, 0.4) is 0 Å². The van der Waals surface area contributed by atoms with Crippen LogP contribution in [0.15, 0.2) is 16.7 Å². The van der Waals surface area contributed by atoms with E-state index in [1.54, 1.807) is 0 Å². The number of carboxylic acids is 1. The number of carbonyl (C=O) groups is 2. The molecule has 0 aliphatic carbocycles. The summed E-state index contributed by atoms with van der Waals surface area (Å²) < 4.78 is 4.72. The van der Waals surface area contributed by atoms with Gasteiger partial charge in [0.2, 0.25) is 11.8 Å². The van der Waals surface area contributed by atoms with Gasteiger partial charge in [-0.15, -0.1) is 0 Å². The third-order valence-corrected chi connectivity index (χ3v) is 1.19. The molecule has 1 rings (SSSR count). The maximum Gasteiger partial charge on any atom is 0.341 e. The molecule has 0 aliphatic heterocycles. The van der Waals surface area contributed by atoms with E-state index in [1.807, 2.05) is 0 Å². The lowest BCUT2D eigenvalue weighted by atomic mass is 10.3. The lowest BCUT2D eigenvalue weighted by Crippen LogP contribution is -2.08. The Balaban J connectivity index is 2.91. The summed E-state index contributed by atoms with van der Waals surface area (Å²) in [5, 5.41) is 10.8. The van der Waals surface area contributed by atoms with Gasteiger partial charge in [-0.05, 0) is 6.07 Å². The molecule has 2 N–H and O–H groups in total. The monoisotopic (exact) mass is 169 g/mol. The third kappa shape index (κ3) is 1.63. The predicted molar refractivity (Wildman–Crippen MR) is 40.0 cm³/mol. The van der Waals surface area contributed by atoms with Crippen LogP contribution in [-0.2, 0) is 4.79 Å². The van der Waals surface area contributed by atoms with Crippen molar-refractivity contribution >= 4 is 17.8 Å². The van der Waals surface area contributed by atoms with E-state index in [2.05, 4.69) is 5.32 Å². The number of aromatic carboxylic acids is 1. The SMILES string of the molecule is CC(=O)Nc1occc1C(=O)O. The lowest BCUT2D eigenvalue weighted by molar-refractivity contribution is -0.114. The molecule has 0 saturated carbocycles. The molecule has 0 unspecified atom stereocenters. The topological polar surface area (TPSA) is 79.5 Å². The van der Waals surface area contributed by atoms with Crippen molar-refractivity contribution in [2.75, 3.05) is 5.32 Å². The van der Waals surface area contributed by atoms with Gasteiger partial charge >= 0.3 is 5.97 Å². The highest BCUT2D eigenvalue weighted by Gasteiger charge is 2.13. The first kappa shape index (κ1) is 8.32. The Morgan fingerprint density at radius 2 is 2.25 bits per heavy atom. The molecule has 1 aromatic rings. The van der Waals surface area contributed by atoms with E-state index in [0.717, 1.165) is 0 Å². The zero-order valence-corrected chi connectivity index (χ0v) is 6.33. The molecule has 0 aromatic carbocycles. The highest BCUT2D eigenvalue weighted by molar-refractivity contribution is 5.97. The number of amides is 1. The van der Waals surface area contributed by atoms with Crippen molar-refractivity contribution in [1.82, 2.24) is 0 Å². The molecule has 5 heteroatoms. The largest absolute Gasteiger partial charge is 0.477 e. The van der Waals surface area contributed by atoms with Crippen LogP contribution in [0.4, 0.5) is 5.88 Å². The van der Waals surface area contributed by atoms with Crippen molar-refractivity contribution in [3.05, 3.63) is 17.9 Å². The minimum absolute atomic E-state index is 0.0324. The Morgan fingerprint density at radius 1 is 1.58 bits per heavy atom. The molecule has 1 amide bonds. The lowest BCUT2D eigenvalue weighted by Gasteiger charge is -1.96. The summed E-state index contributed by atoms with van der Waals surface area (Å²) in [4.78, 5) is 21.0. The molecule has 1 aromatic heterocycles. The quantitative estimate of drug-likeness (QED) is 0.690. The molecule has 0 spiro atoms. The third-order valence-electron chi connectivity index (χ3n) is 1.19. The maximum absolute atomic E-state index is 10.5. The second-order valence-electron chi connectivity index (χ2n) is 2.15. The van der Waals surface area contributed by atoms with Crippen LogP contribution in [-0.4, -0.2) is 17.0 Å². The van der Waals surface area contributed by atoms with Gasteiger partial charge in [-0.2, -0.15) is 0 Å². The van der Waals surface area contributed by atoms with Crippen LogP contribution in [0.2, 0.25) is 0 Å². The van der Waals surface area contributed by atoms with Crippen LogP contribution in [0, 0.1) is 0 Å². The van der Waals surface area contributed by atoms with Gasteiger partial charge in [-0.3, -0.25) is 10.1 Å². The Kier molecular flexibility index (Phi) is 2.14. The smallest absolute Gasteiger partial charge is 0.341 e. The van der Waals surface area contributed by atoms with E-state index < -0.39 is 5.97 Å². The summed E-state index contributed by atoms with van der Waals surface area (Å²) in [6.45, 7) is 1.27. The molecule has 0 radical (unpaired) electrons. The summed E-state index contributed by atoms with van der Waals surface area (Å²) in [5.41, 5.74) is -0.0507. The van der Waals surface area contributed by atoms with Gasteiger partial charge < -0.3 is 9.52 Å². The van der Waals surface area contributed by atoms with Gasteiger partial charge in [-0.1, -0.05) is 0 Å². The Bertz CT molecular complexity index is 315. The van der Waals surface area contributed by atoms with Gasteiger partial charge in [0.15, 0.2) is 0 Å². The Labute approximate surface area is 68.0 Å². The van der Waals surface area contributed by atoms with Gasteiger partial charge in [0.1, 0.15) is 5.56 Å². The number of carbonyl (C=O) groups excluding carboxylic acids is 1. The van der Waals surface area contributed by atoms with Crippen molar-refractivity contribution in [3.8, 4) is 0 Å². The molecule has 0 aliphatic rings. The standard InChI is InChI=1S/C7H7NO4/c1-4(9)8-6-5(7(10)11)2-3-12-6/h2-3H,1H3,(H,8,9)(H,10,11). The highest BCUT2D eigenvalue weighted by Crippen LogP contribution is 2.15. The van der Waals surface area contributed by atoms with Gasteiger partial charge in [0.05, 0.1) is 6.26 Å². The molecular formula is C7H7NO4. The summed E-state index contributed by atoms with van der Waals surface area (Å²) in [6.07, 6.45) is 1.20. The van der Waals surface area contributed by atoms with Crippen LogP contribution >= 0.6 is 0 Å². The molecule has 0 atom stereocenters. The zero-order valence-electron chi connectivity index (χ0n) is 6.33. The van der Waals surface area contributed by atoms with Crippen molar-refractivity contribution in [2.45, 2.75) is 6.92 Å². The average Bonchev–Trinajstić information content (AvgIpc) is 2.33. The van der Waals surface area contributed by atoms with E-state index in [-0.39, 0.29) is 17.4 Å². The fraction of sp³-hybridized carbons (Fsp3) is 0.143. The molecule has 0 bridgehead atoms. The van der Waals surface area contributed by atoms with Crippen molar-refractivity contribution in [2.24, 2.45) is 0 Å². The second kappa shape index (κ2) is 3.08. The van der Waals surface area contributed by atoms with E-state index in [4.69, 9.17) is 9.52 Å². The molecular weight excluding hydrogens is 162 g/mol. The maximum atomic E-state index is 10.5. The van der Waals surface area contributed by atoms with Crippen LogP contribution < -0.4 is 5.32 Å². The first-order chi connectivity index (χ1) is 5.61. The van der Waals surface area contributed by atoms with E-state index >= 15 is 0 Å². The van der Waals surface area contributed by atoms with E-state index in [1.165, 1.54) is 19.3 Å². The fourth-order valence-corrected chi connectivity index (χ4v) is 0.734. The number of carboxylic acid groups (broad SMARTS) is 1. The van der Waals surface area contributed by atoms with Crippen molar-refractivity contribution < 1.29 is 19.1 Å². The summed E-state index contributed by atoms with van der Waals surface area (Å²) >= 11 is 0. The molecule has 64 valence electrons. The Morgan fingerprint density at radius 3 is 2.75 bits per heavy atom. The molecule has 0 fully saturated rings. The number of hydrogen-bond donors (Lipinski definition) is 2. The first-order valence-electron chi connectivity index (χ1n) is 3.19. The predicted octanol–water partition coefficient (Wildman–Crippen LogP) is 0.936. The van der Waals surface area contributed by atoms with Gasteiger partial charge in [-0.25, -0.2) is 4.79 Å². The van der Waals surface area contributed by atoms with E-state index in [9.17, 15) is 9.59 Å². The van der Waals surface area contributed by atoms with Gasteiger partial charge in [0, 0.05) is 6.92 Å². The zero-order chi connectivity index (χ0) is 9.14. The molecule has 12 heavy (non-hydrogen) atoms. The molecule has 1 heterocycles. The molecule has 0 saturated heterocycles. The van der Waals surface area contributed by atoms with Crippen LogP contribution in [0.25, 0.3) is 0 Å². The van der Waals surface area contributed by atoms with E-state index in [0.29, 0.717) is 0 Å². The summed E-state index contributed by atoms with van der Waals surface area (Å²) in [7, 11) is 0. The normalized spacial score (nSPS) is 9.42. The average molecular weight is 169 g/mol. The minimum Gasteiger partial charge on any atom is -0.477 e. The van der Waals surface area contributed by atoms with Gasteiger partial charge in [0.25, 0.3) is 0 Å². The fourth-order valence-electron chi connectivity index (χ4n) is 0.734. The second-order valence-corrected chi connectivity index (χ2v) is 2.15. The van der Waals surface area contributed by atoms with Crippen LogP contribution in [0.1, 0.15) is 17.3 Å². The number of anilines is 1. The number of hydrogen-bond acceptors (Lipinski definition) is 3. The van der Waals surface area contributed by atoms with Crippen molar-refractivity contribution in [3.63, 3.8) is 0 Å². The van der Waals surface area contributed by atoms with Crippen LogP contribution in [0.5, 0.6) is 0 Å². The minimum atomic E-state index is -1.13. The summed E-state index contributed by atoms with van der Waals surface area (Å²) in [5.74, 6) is -1.53.